The smallest absolute Gasteiger partial charge is 0.263 e. The lowest BCUT2D eigenvalue weighted by atomic mass is 10.1. The Kier molecular flexibility index (Phi) is 8.14. The summed E-state index contributed by atoms with van der Waals surface area (Å²) in [4.78, 5) is 18.9. The molecular formula is C25H27ClFN7O3S. The van der Waals surface area contributed by atoms with E-state index in [1.54, 1.807) is 6.07 Å². The Bertz CT molecular complexity index is 1590. The number of sulfonamides is 1. The van der Waals surface area contributed by atoms with E-state index in [4.69, 9.17) is 17.3 Å². The molecule has 10 nitrogen and oxygen atoms in total. The number of fused-ring (bicyclic) bond motifs is 1. The SMILES string of the molecule is CN(C)CCCCNC(=O)c1cnn2c(N)c(-c3ccc(NS(=O)(=O)c4ccccc4Cl)cc3F)cnc12. The molecule has 2 heterocycles. The first kappa shape index (κ1) is 27.3. The van der Waals surface area contributed by atoms with Gasteiger partial charge in [-0.25, -0.2) is 17.8 Å². The molecule has 4 rings (SSSR count). The van der Waals surface area contributed by atoms with Crippen molar-refractivity contribution in [3.8, 4) is 11.1 Å². The van der Waals surface area contributed by atoms with Crippen molar-refractivity contribution < 1.29 is 17.6 Å². The number of nitrogens with two attached hydrogens (primary N) is 1. The number of halogens is 2. The maximum atomic E-state index is 15.1. The normalized spacial score (nSPS) is 11.7. The molecule has 4 aromatic rings. The second-order valence-electron chi connectivity index (χ2n) is 8.85. The van der Waals surface area contributed by atoms with Gasteiger partial charge in [0.25, 0.3) is 15.9 Å². The summed E-state index contributed by atoms with van der Waals surface area (Å²) in [5, 5.41) is 7.06. The van der Waals surface area contributed by atoms with Crippen molar-refractivity contribution in [2.75, 3.05) is 37.6 Å². The van der Waals surface area contributed by atoms with Crippen LogP contribution in [-0.4, -0.2) is 61.0 Å². The molecule has 0 radical (unpaired) electrons. The highest BCUT2D eigenvalue weighted by molar-refractivity contribution is 7.92. The van der Waals surface area contributed by atoms with Gasteiger partial charge in [-0.1, -0.05) is 23.7 Å². The number of nitrogens with one attached hydrogen (secondary N) is 2. The predicted molar refractivity (Wildman–Crippen MR) is 145 cm³/mol. The van der Waals surface area contributed by atoms with Crippen LogP contribution in [0.25, 0.3) is 16.8 Å². The number of unbranched alkanes of at least 4 members (excludes halogenated alkanes) is 1. The van der Waals surface area contributed by atoms with Crippen molar-refractivity contribution in [2.24, 2.45) is 0 Å². The van der Waals surface area contributed by atoms with Crippen molar-refractivity contribution in [3.63, 3.8) is 0 Å². The van der Waals surface area contributed by atoms with Gasteiger partial charge in [-0.2, -0.15) is 9.61 Å². The Morgan fingerprint density at radius 2 is 1.89 bits per heavy atom. The summed E-state index contributed by atoms with van der Waals surface area (Å²) in [7, 11) is -0.0506. The molecule has 4 N–H and O–H groups in total. The number of carbonyl (C=O) groups excluding carboxylic acids is 1. The van der Waals surface area contributed by atoms with Gasteiger partial charge in [-0.05, 0) is 63.8 Å². The number of anilines is 2. The first-order valence-electron chi connectivity index (χ1n) is 11.7. The third-order valence-electron chi connectivity index (χ3n) is 5.76. The largest absolute Gasteiger partial charge is 0.383 e. The Hall–Kier alpha value is -3.74. The summed E-state index contributed by atoms with van der Waals surface area (Å²) in [5.41, 5.74) is 7.07. The molecule has 38 heavy (non-hydrogen) atoms. The molecule has 1 amide bonds. The van der Waals surface area contributed by atoms with E-state index in [1.165, 1.54) is 47.2 Å². The van der Waals surface area contributed by atoms with Crippen molar-refractivity contribution >= 4 is 44.7 Å². The maximum Gasteiger partial charge on any atom is 0.263 e. The molecule has 2 aromatic carbocycles. The zero-order valence-electron chi connectivity index (χ0n) is 20.8. The van der Waals surface area contributed by atoms with Gasteiger partial charge in [0, 0.05) is 23.9 Å². The molecule has 0 saturated carbocycles. The average Bonchev–Trinajstić information content (AvgIpc) is 3.29. The second-order valence-corrected chi connectivity index (χ2v) is 10.9. The first-order chi connectivity index (χ1) is 18.1. The van der Waals surface area contributed by atoms with Crippen molar-refractivity contribution in [3.05, 3.63) is 71.3 Å². The lowest BCUT2D eigenvalue weighted by Gasteiger charge is -2.12. The molecule has 0 fully saturated rings. The summed E-state index contributed by atoms with van der Waals surface area (Å²) < 4.78 is 44.1. The molecule has 13 heteroatoms. The minimum absolute atomic E-state index is 0.00223. The van der Waals surface area contributed by atoms with Gasteiger partial charge >= 0.3 is 0 Å². The number of nitrogens with zero attached hydrogens (tertiary/aromatic N) is 4. The molecule has 0 saturated heterocycles. The van der Waals surface area contributed by atoms with E-state index >= 15 is 4.39 Å². The van der Waals surface area contributed by atoms with Gasteiger partial charge in [0.05, 0.1) is 16.9 Å². The summed E-state index contributed by atoms with van der Waals surface area (Å²) in [5.74, 6) is -0.991. The van der Waals surface area contributed by atoms with Crippen LogP contribution in [0.5, 0.6) is 0 Å². The maximum absolute atomic E-state index is 15.1. The highest BCUT2D eigenvalue weighted by atomic mass is 35.5. The Labute approximate surface area is 224 Å². The van der Waals surface area contributed by atoms with E-state index < -0.39 is 15.8 Å². The number of amides is 1. The lowest BCUT2D eigenvalue weighted by Crippen LogP contribution is -2.25. The molecule has 0 aliphatic rings. The number of nitrogen functional groups attached to an aromatic ring is 1. The molecule has 0 spiro atoms. The molecule has 0 aliphatic heterocycles. The van der Waals surface area contributed by atoms with E-state index in [0.717, 1.165) is 25.5 Å². The first-order valence-corrected chi connectivity index (χ1v) is 13.6. The zero-order chi connectivity index (χ0) is 27.4. The zero-order valence-corrected chi connectivity index (χ0v) is 22.4. The van der Waals surface area contributed by atoms with Gasteiger partial charge in [0.2, 0.25) is 0 Å². The standard InChI is InChI=1S/C25H27ClFN7O3S/c1-33(2)12-6-5-11-29-25(35)19-15-31-34-23(28)18(14-30-24(19)34)17-10-9-16(13-21(17)27)32-38(36,37)22-8-4-3-7-20(22)26/h3-4,7-10,13-15,32H,5-6,11-12,28H2,1-2H3,(H,29,35). The van der Waals surface area contributed by atoms with Gasteiger partial charge in [0.1, 0.15) is 22.1 Å². The van der Waals surface area contributed by atoms with Crippen LogP contribution in [0.3, 0.4) is 0 Å². The summed E-state index contributed by atoms with van der Waals surface area (Å²) >= 11 is 6.00. The van der Waals surface area contributed by atoms with Crippen LogP contribution >= 0.6 is 11.6 Å². The Morgan fingerprint density at radius 1 is 1.13 bits per heavy atom. The fraction of sp³-hybridized carbons (Fsp3) is 0.240. The van der Waals surface area contributed by atoms with Crippen molar-refractivity contribution in [1.29, 1.82) is 0 Å². The highest BCUT2D eigenvalue weighted by Crippen LogP contribution is 2.31. The van der Waals surface area contributed by atoms with Crippen LogP contribution < -0.4 is 15.8 Å². The quantitative estimate of drug-likeness (QED) is 0.252. The van der Waals surface area contributed by atoms with E-state index in [2.05, 4.69) is 25.0 Å². The minimum Gasteiger partial charge on any atom is -0.383 e. The molecule has 0 atom stereocenters. The number of rotatable bonds is 10. The van der Waals surface area contributed by atoms with E-state index in [9.17, 15) is 13.2 Å². The van der Waals surface area contributed by atoms with Gasteiger partial charge < -0.3 is 16.0 Å². The Morgan fingerprint density at radius 3 is 2.61 bits per heavy atom. The third kappa shape index (κ3) is 5.87. The fourth-order valence-corrected chi connectivity index (χ4v) is 5.41. The summed E-state index contributed by atoms with van der Waals surface area (Å²) in [6.07, 6.45) is 4.49. The lowest BCUT2D eigenvalue weighted by molar-refractivity contribution is 0.0954. The van der Waals surface area contributed by atoms with E-state index in [-0.39, 0.29) is 49.7 Å². The fourth-order valence-electron chi connectivity index (χ4n) is 3.84. The molecule has 0 unspecified atom stereocenters. The number of benzene rings is 2. The van der Waals surface area contributed by atoms with Crippen molar-refractivity contribution in [1.82, 2.24) is 24.8 Å². The number of aromatic nitrogens is 3. The molecule has 200 valence electrons. The topological polar surface area (TPSA) is 135 Å². The number of carbonyl (C=O) groups is 1. The van der Waals surface area contributed by atoms with Crippen LogP contribution in [0, 0.1) is 5.82 Å². The molecular weight excluding hydrogens is 533 g/mol. The average molecular weight is 560 g/mol. The van der Waals surface area contributed by atoms with Gasteiger partial charge in [-0.3, -0.25) is 9.52 Å². The third-order valence-corrected chi connectivity index (χ3v) is 7.64. The molecule has 0 bridgehead atoms. The second kappa shape index (κ2) is 11.3. The molecule has 2 aromatic heterocycles. The van der Waals surface area contributed by atoms with E-state index in [0.29, 0.717) is 6.54 Å². The van der Waals surface area contributed by atoms with Crippen LogP contribution in [0.1, 0.15) is 23.2 Å². The van der Waals surface area contributed by atoms with Crippen LogP contribution in [0.4, 0.5) is 15.9 Å². The van der Waals surface area contributed by atoms with Crippen LogP contribution in [-0.2, 0) is 10.0 Å². The summed E-state index contributed by atoms with van der Waals surface area (Å²) in [6.45, 7) is 1.44. The van der Waals surface area contributed by atoms with E-state index in [1.807, 2.05) is 14.1 Å². The van der Waals surface area contributed by atoms with Crippen molar-refractivity contribution in [2.45, 2.75) is 17.7 Å². The number of hydrogen-bond acceptors (Lipinski definition) is 7. The van der Waals surface area contributed by atoms with Crippen LogP contribution in [0.15, 0.2) is 59.8 Å². The van der Waals surface area contributed by atoms with Gasteiger partial charge in [-0.15, -0.1) is 0 Å². The predicted octanol–water partition coefficient (Wildman–Crippen LogP) is 3.64. The minimum atomic E-state index is -4.03. The summed E-state index contributed by atoms with van der Waals surface area (Å²) in [6, 6.07) is 9.74. The van der Waals surface area contributed by atoms with Crippen LogP contribution in [0.2, 0.25) is 5.02 Å². The highest BCUT2D eigenvalue weighted by Gasteiger charge is 2.21. The molecule has 0 aliphatic carbocycles. The Balaban J connectivity index is 1.53. The number of hydrogen-bond donors (Lipinski definition) is 3. The monoisotopic (exact) mass is 559 g/mol. The van der Waals surface area contributed by atoms with Gasteiger partial charge in [0.15, 0.2) is 5.65 Å².